The summed E-state index contributed by atoms with van der Waals surface area (Å²) in [7, 11) is 7.32. The quantitative estimate of drug-likeness (QED) is 0.105. The second-order valence-electron chi connectivity index (χ2n) is 18.0. The smallest absolute Gasteiger partial charge is 0.311 e. The molecule has 0 aromatic carbocycles. The number of ether oxygens (including phenoxy) is 7. The van der Waals surface area contributed by atoms with Gasteiger partial charge in [-0.2, -0.15) is 0 Å². The van der Waals surface area contributed by atoms with Crippen molar-refractivity contribution in [1.82, 2.24) is 9.80 Å². The zero-order valence-corrected chi connectivity index (χ0v) is 35.9. The zero-order valence-electron chi connectivity index (χ0n) is 35.9. The fourth-order valence-electron chi connectivity index (χ4n) is 8.78. The van der Waals surface area contributed by atoms with E-state index < -0.39 is 77.2 Å². The number of hydrogen-bond acceptors (Lipinski definition) is 14. The highest BCUT2D eigenvalue weighted by molar-refractivity contribution is 5.72. The standard InChI is InChI=1S/C40H76N2O12/c1-16-17-49-35(45)26(5)32(53-30-20-39(11,48-15)40(22-50-40)28(7)52-30)25(4)34(54-36-31(43)29(41(12)13)18-24(3)51-36)38(10,47)19-23(2)21-42(14)27(6)33(44)37(8,9)46/h23-34,36,43-44,46-47H,16-22H2,1-15H3. The Bertz CT molecular complexity index is 1180. The number of hydrogen-bond donors (Lipinski definition) is 4. The third-order valence-corrected chi connectivity index (χ3v) is 12.4. The maximum absolute atomic E-state index is 13.6. The highest BCUT2D eigenvalue weighted by atomic mass is 16.7. The van der Waals surface area contributed by atoms with E-state index in [1.807, 2.05) is 79.4 Å². The summed E-state index contributed by atoms with van der Waals surface area (Å²) < 4.78 is 43.8. The van der Waals surface area contributed by atoms with Gasteiger partial charge in [-0.3, -0.25) is 4.79 Å². The molecular formula is C40H76N2O12. The van der Waals surface area contributed by atoms with Crippen molar-refractivity contribution in [3.05, 3.63) is 0 Å². The van der Waals surface area contributed by atoms with Crippen LogP contribution in [-0.4, -0.2) is 168 Å². The summed E-state index contributed by atoms with van der Waals surface area (Å²) in [6, 6.07) is -0.631. The molecule has 14 nitrogen and oxygen atoms in total. The Morgan fingerprint density at radius 1 is 1.04 bits per heavy atom. The molecule has 3 aliphatic rings. The van der Waals surface area contributed by atoms with Crippen LogP contribution in [0.1, 0.15) is 102 Å². The number of methoxy groups -OCH3 is 1. The summed E-state index contributed by atoms with van der Waals surface area (Å²) >= 11 is 0. The van der Waals surface area contributed by atoms with Crippen LogP contribution in [0.25, 0.3) is 0 Å². The molecule has 16 atom stereocenters. The number of nitrogens with zero attached hydrogens (tertiary/aromatic N) is 2. The van der Waals surface area contributed by atoms with Crippen LogP contribution in [0.2, 0.25) is 0 Å². The molecule has 0 amide bonds. The molecule has 0 saturated carbocycles. The molecule has 318 valence electrons. The van der Waals surface area contributed by atoms with Crippen molar-refractivity contribution in [3.63, 3.8) is 0 Å². The largest absolute Gasteiger partial charge is 0.465 e. The molecule has 16 unspecified atom stereocenters. The highest BCUT2D eigenvalue weighted by Gasteiger charge is 2.67. The topological polar surface area (TPSA) is 172 Å². The molecule has 0 bridgehead atoms. The number of likely N-dealkylation sites (N-methyl/N-ethyl adjacent to an activating group) is 2. The number of aliphatic hydroxyl groups is 4. The van der Waals surface area contributed by atoms with Crippen LogP contribution in [0.4, 0.5) is 0 Å². The average molecular weight is 777 g/mol. The molecule has 3 heterocycles. The van der Waals surface area contributed by atoms with Gasteiger partial charge in [0.15, 0.2) is 12.6 Å². The minimum absolute atomic E-state index is 0.128. The van der Waals surface area contributed by atoms with Crippen molar-refractivity contribution in [2.24, 2.45) is 17.8 Å². The van der Waals surface area contributed by atoms with Gasteiger partial charge in [0, 0.05) is 38.1 Å². The number of epoxide rings is 1. The van der Waals surface area contributed by atoms with E-state index in [1.54, 1.807) is 34.8 Å². The number of rotatable bonds is 20. The van der Waals surface area contributed by atoms with E-state index in [-0.39, 0.29) is 43.2 Å². The molecule has 0 aromatic heterocycles. The number of carbonyl (C=O) groups is 1. The van der Waals surface area contributed by atoms with Gasteiger partial charge in [0.2, 0.25) is 0 Å². The molecule has 3 saturated heterocycles. The van der Waals surface area contributed by atoms with Crippen LogP contribution in [0.15, 0.2) is 0 Å². The molecule has 4 N–H and O–H groups in total. The molecule has 3 fully saturated rings. The summed E-state index contributed by atoms with van der Waals surface area (Å²) in [4.78, 5) is 17.5. The monoisotopic (exact) mass is 777 g/mol. The fourth-order valence-corrected chi connectivity index (χ4v) is 8.78. The molecule has 14 heteroatoms. The van der Waals surface area contributed by atoms with Gasteiger partial charge in [-0.05, 0) is 102 Å². The van der Waals surface area contributed by atoms with Gasteiger partial charge >= 0.3 is 5.97 Å². The first-order chi connectivity index (χ1) is 24.8. The van der Waals surface area contributed by atoms with E-state index in [1.165, 1.54) is 0 Å². The van der Waals surface area contributed by atoms with Crippen molar-refractivity contribution >= 4 is 5.97 Å². The van der Waals surface area contributed by atoms with Gasteiger partial charge < -0.3 is 63.4 Å². The molecule has 0 radical (unpaired) electrons. The minimum Gasteiger partial charge on any atom is -0.465 e. The average Bonchev–Trinajstić information content (AvgIpc) is 3.89. The maximum atomic E-state index is 13.6. The van der Waals surface area contributed by atoms with E-state index in [2.05, 4.69) is 0 Å². The Kier molecular flexibility index (Phi) is 16.4. The van der Waals surface area contributed by atoms with Crippen LogP contribution < -0.4 is 0 Å². The summed E-state index contributed by atoms with van der Waals surface area (Å²) in [5, 5.41) is 45.4. The zero-order chi connectivity index (χ0) is 41.1. The summed E-state index contributed by atoms with van der Waals surface area (Å²) in [5.74, 6) is -2.04. The van der Waals surface area contributed by atoms with E-state index in [9.17, 15) is 25.2 Å². The predicted molar refractivity (Wildman–Crippen MR) is 204 cm³/mol. The first kappa shape index (κ1) is 47.4. The summed E-state index contributed by atoms with van der Waals surface area (Å²) in [6.07, 6.45) is -4.57. The number of carbonyl (C=O) groups excluding carboxylic acids is 1. The van der Waals surface area contributed by atoms with Crippen LogP contribution >= 0.6 is 0 Å². The molecule has 3 rings (SSSR count). The summed E-state index contributed by atoms with van der Waals surface area (Å²) in [5.41, 5.74) is -4.15. The molecule has 0 aliphatic carbocycles. The molecule has 1 spiro atoms. The van der Waals surface area contributed by atoms with Crippen molar-refractivity contribution < 1.29 is 58.4 Å². The second-order valence-corrected chi connectivity index (χ2v) is 18.0. The fraction of sp³-hybridized carbons (Fsp3) is 0.975. The Balaban J connectivity index is 2.01. The van der Waals surface area contributed by atoms with E-state index in [4.69, 9.17) is 33.2 Å². The van der Waals surface area contributed by atoms with Crippen LogP contribution in [0.5, 0.6) is 0 Å². The molecular weight excluding hydrogens is 700 g/mol. The van der Waals surface area contributed by atoms with Crippen molar-refractivity contribution in [2.75, 3.05) is 48.0 Å². The third-order valence-electron chi connectivity index (χ3n) is 12.4. The van der Waals surface area contributed by atoms with E-state index in [0.29, 0.717) is 32.4 Å². The first-order valence-electron chi connectivity index (χ1n) is 20.0. The number of esters is 1. The lowest BCUT2D eigenvalue weighted by Crippen LogP contribution is -2.61. The van der Waals surface area contributed by atoms with Gasteiger partial charge in [-0.1, -0.05) is 20.8 Å². The molecule has 54 heavy (non-hydrogen) atoms. The maximum Gasteiger partial charge on any atom is 0.311 e. The highest BCUT2D eigenvalue weighted by Crippen LogP contribution is 2.51. The van der Waals surface area contributed by atoms with Crippen molar-refractivity contribution in [1.29, 1.82) is 0 Å². The van der Waals surface area contributed by atoms with Gasteiger partial charge in [-0.15, -0.1) is 0 Å². The van der Waals surface area contributed by atoms with E-state index in [0.717, 1.165) is 0 Å². The second kappa shape index (κ2) is 18.7. The van der Waals surface area contributed by atoms with Gasteiger partial charge in [0.1, 0.15) is 17.3 Å². The first-order valence-corrected chi connectivity index (χ1v) is 20.0. The third kappa shape index (κ3) is 10.9. The van der Waals surface area contributed by atoms with Crippen LogP contribution in [0, 0.1) is 17.8 Å². The number of aliphatic hydroxyl groups excluding tert-OH is 2. The Hall–Kier alpha value is -1.01. The summed E-state index contributed by atoms with van der Waals surface area (Å²) in [6.45, 7) is 21.3. The Labute approximate surface area is 325 Å². The molecule has 3 aliphatic heterocycles. The molecule has 0 aromatic rings. The van der Waals surface area contributed by atoms with Gasteiger partial charge in [-0.25, -0.2) is 0 Å². The Morgan fingerprint density at radius 2 is 1.65 bits per heavy atom. The Morgan fingerprint density at radius 3 is 2.17 bits per heavy atom. The normalized spacial score (nSPS) is 35.6. The predicted octanol–water partition coefficient (Wildman–Crippen LogP) is 2.95. The minimum atomic E-state index is -1.54. The van der Waals surface area contributed by atoms with Gasteiger partial charge in [0.05, 0.1) is 60.9 Å². The van der Waals surface area contributed by atoms with Crippen LogP contribution in [-0.2, 0) is 38.0 Å². The van der Waals surface area contributed by atoms with Crippen LogP contribution in [0.3, 0.4) is 0 Å². The van der Waals surface area contributed by atoms with Crippen molar-refractivity contribution in [3.8, 4) is 0 Å². The van der Waals surface area contributed by atoms with E-state index >= 15 is 0 Å². The van der Waals surface area contributed by atoms with Gasteiger partial charge in [0.25, 0.3) is 0 Å². The lowest BCUT2D eigenvalue weighted by Gasteiger charge is -2.49. The van der Waals surface area contributed by atoms with Crippen molar-refractivity contribution in [2.45, 2.75) is 186 Å². The SMILES string of the molecule is CCCOC(=O)C(C)C(OC1CC(C)(OC)C2(CO2)C(C)O1)C(C)C(OC1OC(C)CC(N(C)C)C1O)C(C)(O)CC(C)CN(C)C(C)C(O)C(C)(C)O. The lowest BCUT2D eigenvalue weighted by atomic mass is 9.77. The lowest BCUT2D eigenvalue weighted by molar-refractivity contribution is -0.315.